The quantitative estimate of drug-likeness (QED) is 0.767. The Hall–Kier alpha value is -1.32. The van der Waals surface area contributed by atoms with Gasteiger partial charge < -0.3 is 9.26 Å². The van der Waals surface area contributed by atoms with Crippen LogP contribution in [0, 0.1) is 0 Å². The Kier molecular flexibility index (Phi) is 5.00. The minimum Gasteiger partial charge on any atom is -0.462 e. The largest absolute Gasteiger partial charge is 0.462 e. The van der Waals surface area contributed by atoms with E-state index in [1.54, 1.807) is 0 Å². The van der Waals surface area contributed by atoms with Gasteiger partial charge in [0.2, 0.25) is 0 Å². The smallest absolute Gasteiger partial charge is 0.310 e. The summed E-state index contributed by atoms with van der Waals surface area (Å²) in [4.78, 5) is 12.0. The average molecular weight is 265 g/mol. The van der Waals surface area contributed by atoms with Gasteiger partial charge >= 0.3 is 5.97 Å². The molecule has 0 aliphatic heterocycles. The Morgan fingerprint density at radius 1 is 1.26 bits per heavy atom. The van der Waals surface area contributed by atoms with E-state index in [-0.39, 0.29) is 12.1 Å². The fourth-order valence-electron chi connectivity index (χ4n) is 2.69. The third kappa shape index (κ3) is 3.58. The molecule has 1 fully saturated rings. The monoisotopic (exact) mass is 265 g/mol. The Labute approximate surface area is 114 Å². The number of aryl methyl sites for hydroxylation is 2. The highest BCUT2D eigenvalue weighted by Crippen LogP contribution is 2.22. The number of esters is 1. The van der Waals surface area contributed by atoms with Crippen molar-refractivity contribution in [2.24, 2.45) is 0 Å². The van der Waals surface area contributed by atoms with E-state index in [0.717, 1.165) is 42.7 Å². The van der Waals surface area contributed by atoms with Crippen LogP contribution in [0.4, 0.5) is 0 Å². The SMILES string of the molecule is CCc1noc(CC)c1CC(=O)OC1CCCCC1. The highest BCUT2D eigenvalue weighted by atomic mass is 16.5. The maximum atomic E-state index is 12.0. The van der Waals surface area contributed by atoms with Gasteiger partial charge in [-0.3, -0.25) is 4.79 Å². The molecule has 0 aromatic carbocycles. The molecule has 0 atom stereocenters. The Balaban J connectivity index is 1.95. The Bertz CT molecular complexity index is 398. The third-order valence-corrected chi connectivity index (χ3v) is 3.78. The van der Waals surface area contributed by atoms with Crippen molar-refractivity contribution in [3.05, 3.63) is 17.0 Å². The number of nitrogens with zero attached hydrogens (tertiary/aromatic N) is 1. The molecule has 4 nitrogen and oxygen atoms in total. The van der Waals surface area contributed by atoms with Crippen LogP contribution < -0.4 is 0 Å². The van der Waals surface area contributed by atoms with Crippen LogP contribution in [0.2, 0.25) is 0 Å². The van der Waals surface area contributed by atoms with Gasteiger partial charge in [0.1, 0.15) is 11.9 Å². The van der Waals surface area contributed by atoms with E-state index >= 15 is 0 Å². The summed E-state index contributed by atoms with van der Waals surface area (Å²) in [6, 6.07) is 0. The second-order valence-corrected chi connectivity index (χ2v) is 5.16. The fraction of sp³-hybridized carbons (Fsp3) is 0.733. The number of aromatic nitrogens is 1. The molecule has 0 saturated heterocycles. The van der Waals surface area contributed by atoms with E-state index in [1.165, 1.54) is 19.3 Å². The number of hydrogen-bond acceptors (Lipinski definition) is 4. The van der Waals surface area contributed by atoms with Gasteiger partial charge in [-0.05, 0) is 32.1 Å². The first-order valence-corrected chi connectivity index (χ1v) is 7.40. The molecule has 0 bridgehead atoms. The van der Waals surface area contributed by atoms with Crippen molar-refractivity contribution < 1.29 is 14.1 Å². The van der Waals surface area contributed by atoms with Crippen molar-refractivity contribution in [2.75, 3.05) is 0 Å². The Morgan fingerprint density at radius 3 is 2.63 bits per heavy atom. The zero-order valence-electron chi connectivity index (χ0n) is 11.9. The molecule has 2 rings (SSSR count). The summed E-state index contributed by atoms with van der Waals surface area (Å²) in [6.07, 6.45) is 7.60. The highest BCUT2D eigenvalue weighted by molar-refractivity contribution is 5.73. The van der Waals surface area contributed by atoms with Gasteiger partial charge in [0, 0.05) is 12.0 Å². The zero-order chi connectivity index (χ0) is 13.7. The summed E-state index contributed by atoms with van der Waals surface area (Å²) < 4.78 is 10.8. The summed E-state index contributed by atoms with van der Waals surface area (Å²) in [7, 11) is 0. The van der Waals surface area contributed by atoms with Crippen molar-refractivity contribution >= 4 is 5.97 Å². The predicted octanol–water partition coefficient (Wildman–Crippen LogP) is 3.22. The molecule has 0 N–H and O–H groups in total. The fourth-order valence-corrected chi connectivity index (χ4v) is 2.69. The number of carbonyl (C=O) groups is 1. The summed E-state index contributed by atoms with van der Waals surface area (Å²) in [6.45, 7) is 4.03. The Morgan fingerprint density at radius 2 is 2.00 bits per heavy atom. The molecular weight excluding hydrogens is 242 g/mol. The van der Waals surface area contributed by atoms with E-state index in [2.05, 4.69) is 5.16 Å². The van der Waals surface area contributed by atoms with E-state index in [9.17, 15) is 4.79 Å². The molecule has 1 aromatic rings. The van der Waals surface area contributed by atoms with Crippen LogP contribution in [-0.4, -0.2) is 17.2 Å². The number of rotatable bonds is 5. The van der Waals surface area contributed by atoms with Crippen molar-refractivity contribution in [1.29, 1.82) is 0 Å². The number of hydrogen-bond donors (Lipinski definition) is 0. The van der Waals surface area contributed by atoms with Crippen LogP contribution in [0.5, 0.6) is 0 Å². The molecule has 4 heteroatoms. The minimum atomic E-state index is -0.139. The van der Waals surface area contributed by atoms with Crippen LogP contribution in [0.1, 0.15) is 63.0 Å². The van der Waals surface area contributed by atoms with Crippen molar-refractivity contribution in [3.63, 3.8) is 0 Å². The van der Waals surface area contributed by atoms with Gasteiger partial charge in [0.25, 0.3) is 0 Å². The predicted molar refractivity (Wildman–Crippen MR) is 71.9 cm³/mol. The first-order chi connectivity index (χ1) is 9.24. The number of ether oxygens (including phenoxy) is 1. The summed E-state index contributed by atoms with van der Waals surface area (Å²) >= 11 is 0. The first-order valence-electron chi connectivity index (χ1n) is 7.40. The third-order valence-electron chi connectivity index (χ3n) is 3.78. The van der Waals surface area contributed by atoms with Crippen LogP contribution in [-0.2, 0) is 28.8 Å². The van der Waals surface area contributed by atoms with Gasteiger partial charge in [0.05, 0.1) is 12.1 Å². The second-order valence-electron chi connectivity index (χ2n) is 5.16. The maximum Gasteiger partial charge on any atom is 0.310 e. The van der Waals surface area contributed by atoms with E-state index in [1.807, 2.05) is 13.8 Å². The highest BCUT2D eigenvalue weighted by Gasteiger charge is 2.21. The van der Waals surface area contributed by atoms with Gasteiger partial charge in [-0.15, -0.1) is 0 Å². The molecular formula is C15H23NO3. The lowest BCUT2D eigenvalue weighted by atomic mass is 9.98. The molecule has 1 aliphatic carbocycles. The molecule has 1 saturated carbocycles. The number of carbonyl (C=O) groups excluding carboxylic acids is 1. The lowest BCUT2D eigenvalue weighted by Gasteiger charge is -2.21. The summed E-state index contributed by atoms with van der Waals surface area (Å²) in [5.41, 5.74) is 1.82. The first kappa shape index (κ1) is 14.1. The van der Waals surface area contributed by atoms with Crippen LogP contribution >= 0.6 is 0 Å². The average Bonchev–Trinajstić information content (AvgIpc) is 2.81. The molecule has 106 valence electrons. The summed E-state index contributed by atoms with van der Waals surface area (Å²) in [5, 5.41) is 4.02. The van der Waals surface area contributed by atoms with Crippen LogP contribution in [0.15, 0.2) is 4.52 Å². The standard InChI is InChI=1S/C15H23NO3/c1-3-13-12(14(4-2)19-16-13)10-15(17)18-11-8-6-5-7-9-11/h11H,3-10H2,1-2H3. The van der Waals surface area contributed by atoms with Gasteiger partial charge in [-0.1, -0.05) is 25.4 Å². The molecule has 1 aliphatic rings. The van der Waals surface area contributed by atoms with Crippen LogP contribution in [0.3, 0.4) is 0 Å². The lowest BCUT2D eigenvalue weighted by Crippen LogP contribution is -2.22. The molecule has 19 heavy (non-hydrogen) atoms. The molecule has 0 radical (unpaired) electrons. The lowest BCUT2D eigenvalue weighted by molar-refractivity contribution is -0.149. The van der Waals surface area contributed by atoms with Gasteiger partial charge in [-0.25, -0.2) is 0 Å². The van der Waals surface area contributed by atoms with E-state index in [0.29, 0.717) is 6.42 Å². The second kappa shape index (κ2) is 6.73. The molecule has 0 unspecified atom stereocenters. The molecule has 0 spiro atoms. The van der Waals surface area contributed by atoms with Crippen LogP contribution in [0.25, 0.3) is 0 Å². The zero-order valence-corrected chi connectivity index (χ0v) is 11.9. The van der Waals surface area contributed by atoms with Crippen molar-refractivity contribution in [1.82, 2.24) is 5.16 Å². The molecule has 1 aromatic heterocycles. The van der Waals surface area contributed by atoms with E-state index < -0.39 is 0 Å². The molecule has 0 amide bonds. The van der Waals surface area contributed by atoms with Gasteiger partial charge in [-0.2, -0.15) is 0 Å². The van der Waals surface area contributed by atoms with Crippen molar-refractivity contribution in [3.8, 4) is 0 Å². The topological polar surface area (TPSA) is 52.3 Å². The van der Waals surface area contributed by atoms with E-state index in [4.69, 9.17) is 9.26 Å². The van der Waals surface area contributed by atoms with Crippen molar-refractivity contribution in [2.45, 2.75) is 71.3 Å². The summed E-state index contributed by atoms with van der Waals surface area (Å²) in [5.74, 6) is 0.678. The molecule has 1 heterocycles. The normalized spacial score (nSPS) is 16.5. The maximum absolute atomic E-state index is 12.0. The minimum absolute atomic E-state index is 0.122. The van der Waals surface area contributed by atoms with Gasteiger partial charge in [0.15, 0.2) is 0 Å².